The molecular weight excluding hydrogens is 416 g/mol. The van der Waals surface area contributed by atoms with Gasteiger partial charge in [0.05, 0.1) is 0 Å². The average Bonchev–Trinajstić information content (AvgIpc) is 3.33. The lowest BCUT2D eigenvalue weighted by Gasteiger charge is -2.37. The van der Waals surface area contributed by atoms with Gasteiger partial charge in [-0.05, 0) is 35.2 Å². The van der Waals surface area contributed by atoms with Crippen molar-refractivity contribution in [1.82, 2.24) is 14.9 Å². The van der Waals surface area contributed by atoms with Crippen LogP contribution in [-0.4, -0.2) is 54.4 Å². The fraction of sp³-hybridized carbons (Fsp3) is 0.360. The summed E-state index contributed by atoms with van der Waals surface area (Å²) in [6.45, 7) is 6.61. The first kappa shape index (κ1) is 20.1. The lowest BCUT2D eigenvalue weighted by atomic mass is 10.00. The monoisotopic (exact) mass is 444 g/mol. The minimum atomic E-state index is 0.309. The zero-order chi connectivity index (χ0) is 22.2. The Morgan fingerprint density at radius 2 is 1.58 bits per heavy atom. The van der Waals surface area contributed by atoms with Crippen molar-refractivity contribution in [2.24, 2.45) is 0 Å². The number of ether oxygens (including phenoxy) is 2. The van der Waals surface area contributed by atoms with E-state index in [9.17, 15) is 0 Å². The van der Waals surface area contributed by atoms with Crippen LogP contribution in [0.2, 0.25) is 0 Å². The Morgan fingerprint density at radius 1 is 0.818 bits per heavy atom. The van der Waals surface area contributed by atoms with Gasteiger partial charge < -0.3 is 25.0 Å². The lowest BCUT2D eigenvalue weighted by molar-refractivity contribution is 0.174. The second-order valence-electron chi connectivity index (χ2n) is 8.83. The number of aromatic nitrogens is 2. The van der Waals surface area contributed by atoms with Crippen molar-refractivity contribution in [2.45, 2.75) is 19.5 Å². The molecule has 0 aliphatic carbocycles. The minimum absolute atomic E-state index is 0.309. The maximum Gasteiger partial charge on any atom is 0.231 e. The second kappa shape index (κ2) is 8.44. The van der Waals surface area contributed by atoms with Crippen LogP contribution >= 0.6 is 0 Å². The summed E-state index contributed by atoms with van der Waals surface area (Å²) < 4.78 is 10.9. The van der Waals surface area contributed by atoms with Crippen molar-refractivity contribution >= 4 is 17.3 Å². The predicted octanol–water partition coefficient (Wildman–Crippen LogP) is 2.67. The van der Waals surface area contributed by atoms with Gasteiger partial charge in [0, 0.05) is 45.8 Å². The first-order chi connectivity index (χ1) is 16.2. The van der Waals surface area contributed by atoms with E-state index in [-0.39, 0.29) is 0 Å². The fourth-order valence-corrected chi connectivity index (χ4v) is 4.97. The van der Waals surface area contributed by atoms with Gasteiger partial charge in [0.15, 0.2) is 23.1 Å². The highest BCUT2D eigenvalue weighted by molar-refractivity contribution is 5.76. The quantitative estimate of drug-likeness (QED) is 0.658. The summed E-state index contributed by atoms with van der Waals surface area (Å²) in [4.78, 5) is 16.1. The maximum absolute atomic E-state index is 6.63. The van der Waals surface area contributed by atoms with Crippen LogP contribution in [0.5, 0.6) is 11.5 Å². The van der Waals surface area contributed by atoms with E-state index < -0.39 is 0 Å². The van der Waals surface area contributed by atoms with Gasteiger partial charge in [0.25, 0.3) is 0 Å². The van der Waals surface area contributed by atoms with Crippen molar-refractivity contribution in [3.8, 4) is 11.5 Å². The zero-order valence-electron chi connectivity index (χ0n) is 18.6. The summed E-state index contributed by atoms with van der Waals surface area (Å²) in [5.74, 6) is 3.36. The Kier molecular flexibility index (Phi) is 5.14. The van der Waals surface area contributed by atoms with E-state index in [4.69, 9.17) is 15.2 Å². The Balaban J connectivity index is 1.12. The number of anilines is 3. The van der Waals surface area contributed by atoms with E-state index in [0.717, 1.165) is 75.4 Å². The molecule has 3 aromatic rings. The highest BCUT2D eigenvalue weighted by Gasteiger charge is 2.25. The zero-order valence-corrected chi connectivity index (χ0v) is 18.6. The molecule has 2 N–H and O–H groups in total. The molecule has 170 valence electrons. The summed E-state index contributed by atoms with van der Waals surface area (Å²) in [6, 6.07) is 14.8. The van der Waals surface area contributed by atoms with E-state index in [1.807, 2.05) is 6.07 Å². The van der Waals surface area contributed by atoms with E-state index in [1.54, 1.807) is 6.33 Å². The highest BCUT2D eigenvalue weighted by atomic mass is 16.7. The molecule has 1 aromatic heterocycles. The van der Waals surface area contributed by atoms with Gasteiger partial charge in [-0.2, -0.15) is 0 Å². The van der Waals surface area contributed by atoms with Crippen molar-refractivity contribution in [1.29, 1.82) is 0 Å². The van der Waals surface area contributed by atoms with E-state index in [1.165, 1.54) is 16.7 Å². The summed E-state index contributed by atoms with van der Waals surface area (Å²) in [5, 5.41) is 0. The minimum Gasteiger partial charge on any atom is -0.454 e. The van der Waals surface area contributed by atoms with Gasteiger partial charge >= 0.3 is 0 Å². The summed E-state index contributed by atoms with van der Waals surface area (Å²) in [7, 11) is 0. The van der Waals surface area contributed by atoms with Crippen LogP contribution in [-0.2, 0) is 19.5 Å². The number of benzene rings is 2. The molecule has 0 unspecified atom stereocenters. The third-order valence-corrected chi connectivity index (χ3v) is 6.79. The van der Waals surface area contributed by atoms with Gasteiger partial charge in [-0.15, -0.1) is 0 Å². The molecule has 4 heterocycles. The molecule has 6 rings (SSSR count). The van der Waals surface area contributed by atoms with Crippen LogP contribution in [0.1, 0.15) is 16.7 Å². The molecule has 33 heavy (non-hydrogen) atoms. The molecule has 0 spiro atoms. The first-order valence-electron chi connectivity index (χ1n) is 11.5. The molecule has 2 aromatic carbocycles. The number of hydrogen-bond acceptors (Lipinski definition) is 8. The number of nitrogens with zero attached hydrogens (tertiary/aromatic N) is 5. The number of nitrogens with two attached hydrogens (primary N) is 1. The van der Waals surface area contributed by atoms with Crippen LogP contribution in [0, 0.1) is 0 Å². The molecule has 1 fully saturated rings. The highest BCUT2D eigenvalue weighted by Crippen LogP contribution is 2.34. The van der Waals surface area contributed by atoms with Crippen molar-refractivity contribution in [2.75, 3.05) is 55.1 Å². The maximum atomic E-state index is 6.63. The second-order valence-corrected chi connectivity index (χ2v) is 8.83. The molecule has 0 amide bonds. The Hall–Kier alpha value is -3.52. The largest absolute Gasteiger partial charge is 0.454 e. The number of hydrogen-bond donors (Lipinski definition) is 1. The molecule has 3 aliphatic rings. The lowest BCUT2D eigenvalue weighted by Crippen LogP contribution is -2.46. The van der Waals surface area contributed by atoms with Crippen LogP contribution in [0.3, 0.4) is 0 Å². The van der Waals surface area contributed by atoms with Crippen molar-refractivity contribution in [3.63, 3.8) is 0 Å². The molecule has 0 atom stereocenters. The predicted molar refractivity (Wildman–Crippen MR) is 128 cm³/mol. The third-order valence-electron chi connectivity index (χ3n) is 6.79. The Labute approximate surface area is 193 Å². The molecule has 1 saturated heterocycles. The molecule has 3 aliphatic heterocycles. The summed E-state index contributed by atoms with van der Waals surface area (Å²) >= 11 is 0. The molecule has 0 radical (unpaired) electrons. The average molecular weight is 445 g/mol. The Morgan fingerprint density at radius 3 is 2.42 bits per heavy atom. The third kappa shape index (κ3) is 3.91. The summed E-state index contributed by atoms with van der Waals surface area (Å²) in [5.41, 5.74) is 11.3. The number of piperazine rings is 1. The standard InChI is InChI=1S/C25H28N6O2/c26-23-24(27-16-28-25(23)31-8-7-19-3-1-2-4-20(19)15-31)30-11-9-29(10-12-30)14-18-5-6-21-22(13-18)33-17-32-21/h1-6,13,16H,7-12,14-15,17,26H2. The van der Waals surface area contributed by atoms with Gasteiger partial charge in [0.2, 0.25) is 6.79 Å². The molecule has 8 heteroatoms. The fourth-order valence-electron chi connectivity index (χ4n) is 4.97. The van der Waals surface area contributed by atoms with Crippen LogP contribution < -0.4 is 25.0 Å². The SMILES string of the molecule is Nc1c(N2CCN(Cc3ccc4c(c3)OCO4)CC2)ncnc1N1CCc2ccccc2C1. The number of fused-ring (bicyclic) bond motifs is 2. The van der Waals surface area contributed by atoms with Crippen LogP contribution in [0.15, 0.2) is 48.8 Å². The molecule has 8 nitrogen and oxygen atoms in total. The first-order valence-corrected chi connectivity index (χ1v) is 11.5. The van der Waals surface area contributed by atoms with E-state index in [2.05, 4.69) is 61.1 Å². The number of nitrogen functional groups attached to an aromatic ring is 1. The van der Waals surface area contributed by atoms with Crippen molar-refractivity contribution < 1.29 is 9.47 Å². The van der Waals surface area contributed by atoms with Gasteiger partial charge in [-0.3, -0.25) is 4.90 Å². The van der Waals surface area contributed by atoms with Gasteiger partial charge in [-0.1, -0.05) is 30.3 Å². The smallest absolute Gasteiger partial charge is 0.231 e. The van der Waals surface area contributed by atoms with Crippen LogP contribution in [0.4, 0.5) is 17.3 Å². The van der Waals surface area contributed by atoms with Gasteiger partial charge in [-0.25, -0.2) is 9.97 Å². The van der Waals surface area contributed by atoms with Crippen molar-refractivity contribution in [3.05, 3.63) is 65.5 Å². The Bertz CT molecular complexity index is 1160. The molecular formula is C25H28N6O2. The van der Waals surface area contributed by atoms with E-state index in [0.29, 0.717) is 12.5 Å². The molecule has 0 saturated carbocycles. The number of rotatable bonds is 4. The van der Waals surface area contributed by atoms with E-state index >= 15 is 0 Å². The van der Waals surface area contributed by atoms with Gasteiger partial charge in [0.1, 0.15) is 12.0 Å². The normalized spacial score (nSPS) is 17.8. The summed E-state index contributed by atoms with van der Waals surface area (Å²) in [6.07, 6.45) is 2.66. The molecule has 0 bridgehead atoms. The van der Waals surface area contributed by atoms with Crippen LogP contribution in [0.25, 0.3) is 0 Å². The topological polar surface area (TPSA) is 80.0 Å².